The van der Waals surface area contributed by atoms with Crippen LogP contribution in [0.2, 0.25) is 0 Å². The number of aliphatic hydroxyl groups is 1. The van der Waals surface area contributed by atoms with Gasteiger partial charge in [-0.05, 0) is 81.8 Å². The molecule has 0 spiro atoms. The molecule has 2 heterocycles. The lowest BCUT2D eigenvalue weighted by Crippen LogP contribution is -2.44. The number of nitrogens with zero attached hydrogens (tertiary/aromatic N) is 1. The predicted octanol–water partition coefficient (Wildman–Crippen LogP) is 4.10. The molecule has 4 atom stereocenters. The molecule has 0 aliphatic carbocycles. The van der Waals surface area contributed by atoms with Gasteiger partial charge in [-0.2, -0.15) is 0 Å². The highest BCUT2D eigenvalue weighted by molar-refractivity contribution is 5.98. The highest BCUT2D eigenvalue weighted by atomic mass is 16.5. The molecule has 1 aromatic heterocycles. The number of nitrogens with one attached hydrogen (secondary N) is 1. The van der Waals surface area contributed by atoms with Gasteiger partial charge in [-0.3, -0.25) is 14.6 Å². The van der Waals surface area contributed by atoms with E-state index in [1.54, 1.807) is 7.11 Å². The number of unbranched alkanes of at least 4 members (excludes halogenated alkanes) is 1. The second-order valence-corrected chi connectivity index (χ2v) is 12.0. The van der Waals surface area contributed by atoms with E-state index < -0.39 is 12.1 Å². The number of amides is 1. The molecule has 0 saturated carbocycles. The number of ketones is 1. The van der Waals surface area contributed by atoms with Gasteiger partial charge in [0.05, 0.1) is 6.10 Å². The lowest BCUT2D eigenvalue weighted by Gasteiger charge is -2.30. The molecule has 2 rings (SSSR count). The largest absolute Gasteiger partial charge is 0.391 e. The second-order valence-electron chi connectivity index (χ2n) is 12.0. The van der Waals surface area contributed by atoms with E-state index in [9.17, 15) is 14.7 Å². The molecule has 1 aliphatic rings. The fourth-order valence-electron chi connectivity index (χ4n) is 5.35. The maximum atomic E-state index is 13.6. The molecule has 39 heavy (non-hydrogen) atoms. The third-order valence-corrected chi connectivity index (χ3v) is 8.03. The first-order valence-electron chi connectivity index (χ1n) is 14.8. The van der Waals surface area contributed by atoms with Crippen LogP contribution in [-0.2, 0) is 20.7 Å². The number of ether oxygens (including phenoxy) is 2. The van der Waals surface area contributed by atoms with Crippen LogP contribution < -0.4 is 11.1 Å². The SMILES string of the molecule is COCCCCc1cc(C(=O)C(CC(N)C(O)CC(C(=O)NCC2CCOCC2)C(C)C)C(C)C)cc(C)n1. The smallest absolute Gasteiger partial charge is 0.223 e. The van der Waals surface area contributed by atoms with Crippen LogP contribution in [0.25, 0.3) is 0 Å². The Kier molecular flexibility index (Phi) is 14.6. The summed E-state index contributed by atoms with van der Waals surface area (Å²) < 4.78 is 10.5. The van der Waals surface area contributed by atoms with E-state index in [4.69, 9.17) is 15.2 Å². The van der Waals surface area contributed by atoms with Gasteiger partial charge in [-0.15, -0.1) is 0 Å². The first kappa shape index (κ1) is 33.3. The monoisotopic (exact) mass is 547 g/mol. The fourth-order valence-corrected chi connectivity index (χ4v) is 5.35. The molecular weight excluding hydrogens is 494 g/mol. The third kappa shape index (κ3) is 11.3. The van der Waals surface area contributed by atoms with Crippen LogP contribution in [0.3, 0.4) is 0 Å². The average molecular weight is 548 g/mol. The Bertz CT molecular complexity index is 885. The summed E-state index contributed by atoms with van der Waals surface area (Å²) in [6.45, 7) is 12.8. The Labute approximate surface area is 235 Å². The summed E-state index contributed by atoms with van der Waals surface area (Å²) >= 11 is 0. The average Bonchev–Trinajstić information content (AvgIpc) is 2.90. The third-order valence-electron chi connectivity index (χ3n) is 8.03. The van der Waals surface area contributed by atoms with Gasteiger partial charge < -0.3 is 25.6 Å². The van der Waals surface area contributed by atoms with Gasteiger partial charge in [0, 0.05) is 68.3 Å². The fraction of sp³-hybridized carbons (Fsp3) is 0.774. The van der Waals surface area contributed by atoms with Crippen LogP contribution in [0.5, 0.6) is 0 Å². The van der Waals surface area contributed by atoms with Crippen LogP contribution >= 0.6 is 0 Å². The van der Waals surface area contributed by atoms with Crippen molar-refractivity contribution in [3.8, 4) is 0 Å². The van der Waals surface area contributed by atoms with Crippen molar-refractivity contribution in [2.75, 3.05) is 33.5 Å². The topological polar surface area (TPSA) is 124 Å². The van der Waals surface area contributed by atoms with E-state index in [1.807, 2.05) is 46.8 Å². The second kappa shape index (κ2) is 17.1. The number of methoxy groups -OCH3 is 1. The Morgan fingerprint density at radius 1 is 1.10 bits per heavy atom. The number of pyridine rings is 1. The lowest BCUT2D eigenvalue weighted by molar-refractivity contribution is -0.128. The molecule has 0 bridgehead atoms. The van der Waals surface area contributed by atoms with Crippen molar-refractivity contribution in [2.24, 2.45) is 35.3 Å². The van der Waals surface area contributed by atoms with Gasteiger partial charge in [0.2, 0.25) is 5.91 Å². The molecule has 0 radical (unpaired) electrons. The van der Waals surface area contributed by atoms with Crippen molar-refractivity contribution in [3.05, 3.63) is 29.1 Å². The summed E-state index contributed by atoms with van der Waals surface area (Å²) in [6, 6.07) is 3.13. The zero-order chi connectivity index (χ0) is 28.9. The number of carbonyl (C=O) groups excluding carboxylic acids is 2. The molecule has 1 saturated heterocycles. The molecule has 4 N–H and O–H groups in total. The molecule has 1 aliphatic heterocycles. The number of nitrogens with two attached hydrogens (primary N) is 1. The minimum atomic E-state index is -0.879. The van der Waals surface area contributed by atoms with E-state index in [0.29, 0.717) is 31.1 Å². The van der Waals surface area contributed by atoms with Crippen molar-refractivity contribution >= 4 is 11.7 Å². The van der Waals surface area contributed by atoms with Crippen molar-refractivity contribution in [1.29, 1.82) is 0 Å². The number of aryl methyl sites for hydroxylation is 2. The van der Waals surface area contributed by atoms with Crippen LogP contribution in [-0.4, -0.2) is 67.4 Å². The number of hydrogen-bond acceptors (Lipinski definition) is 7. The summed E-state index contributed by atoms with van der Waals surface area (Å²) in [5.41, 5.74) is 8.87. The Morgan fingerprint density at radius 3 is 2.38 bits per heavy atom. The molecule has 8 nitrogen and oxygen atoms in total. The Hall–Kier alpha value is -1.87. The van der Waals surface area contributed by atoms with Gasteiger partial charge in [0.15, 0.2) is 5.78 Å². The van der Waals surface area contributed by atoms with Crippen LogP contribution in [0, 0.1) is 36.5 Å². The molecule has 4 unspecified atom stereocenters. The zero-order valence-corrected chi connectivity index (χ0v) is 25.1. The predicted molar refractivity (Wildman–Crippen MR) is 155 cm³/mol. The number of hydrogen-bond donors (Lipinski definition) is 3. The molecule has 1 aromatic rings. The van der Waals surface area contributed by atoms with E-state index >= 15 is 0 Å². The van der Waals surface area contributed by atoms with E-state index in [-0.39, 0.29) is 41.8 Å². The Balaban J connectivity index is 2.02. The van der Waals surface area contributed by atoms with Gasteiger partial charge >= 0.3 is 0 Å². The van der Waals surface area contributed by atoms with Gasteiger partial charge in [-0.1, -0.05) is 27.7 Å². The van der Waals surface area contributed by atoms with Gasteiger partial charge in [-0.25, -0.2) is 0 Å². The lowest BCUT2D eigenvalue weighted by atomic mass is 9.80. The number of rotatable bonds is 17. The summed E-state index contributed by atoms with van der Waals surface area (Å²) in [7, 11) is 1.70. The maximum absolute atomic E-state index is 13.6. The Morgan fingerprint density at radius 2 is 1.77 bits per heavy atom. The summed E-state index contributed by atoms with van der Waals surface area (Å²) in [5.74, 6) is -0.136. The van der Waals surface area contributed by atoms with Crippen molar-refractivity contribution < 1.29 is 24.2 Å². The first-order chi connectivity index (χ1) is 18.5. The van der Waals surface area contributed by atoms with Gasteiger partial charge in [0.25, 0.3) is 0 Å². The first-order valence-corrected chi connectivity index (χ1v) is 14.8. The van der Waals surface area contributed by atoms with Crippen LogP contribution in [0.1, 0.15) is 88.0 Å². The van der Waals surface area contributed by atoms with Gasteiger partial charge in [0.1, 0.15) is 0 Å². The quantitative estimate of drug-likeness (QED) is 0.198. The van der Waals surface area contributed by atoms with E-state index in [2.05, 4.69) is 10.3 Å². The van der Waals surface area contributed by atoms with Crippen LogP contribution in [0.15, 0.2) is 12.1 Å². The van der Waals surface area contributed by atoms with E-state index in [0.717, 1.165) is 56.7 Å². The summed E-state index contributed by atoms with van der Waals surface area (Å²) in [5, 5.41) is 14.2. The zero-order valence-electron chi connectivity index (χ0n) is 25.1. The van der Waals surface area contributed by atoms with Crippen molar-refractivity contribution in [1.82, 2.24) is 10.3 Å². The number of carbonyl (C=O) groups is 2. The molecule has 0 aromatic carbocycles. The standard InChI is InChI=1S/C31H53N3O5/c1-20(2)26(30(36)24-15-22(5)34-25(16-24)9-7-8-12-38-6)17-28(32)29(35)18-27(21(3)4)31(37)33-19-23-10-13-39-14-11-23/h15-16,20-21,23,26-29,35H,7-14,17-19,32H2,1-6H3,(H,33,37). The number of aromatic nitrogens is 1. The maximum Gasteiger partial charge on any atom is 0.223 e. The molecular formula is C31H53N3O5. The normalized spacial score (nSPS) is 17.7. The van der Waals surface area contributed by atoms with Crippen molar-refractivity contribution in [2.45, 2.75) is 91.7 Å². The molecule has 1 fully saturated rings. The van der Waals surface area contributed by atoms with Crippen LogP contribution in [0.4, 0.5) is 0 Å². The number of Topliss-reactive ketones (excluding diaryl/α,β-unsaturated/α-hetero) is 1. The van der Waals surface area contributed by atoms with Crippen molar-refractivity contribution in [3.63, 3.8) is 0 Å². The molecule has 222 valence electrons. The molecule has 1 amide bonds. The summed E-state index contributed by atoms with van der Waals surface area (Å²) in [4.78, 5) is 31.3. The number of aliphatic hydroxyl groups excluding tert-OH is 1. The minimum absolute atomic E-state index is 0.0332. The minimum Gasteiger partial charge on any atom is -0.391 e. The highest BCUT2D eigenvalue weighted by Crippen LogP contribution is 2.27. The van der Waals surface area contributed by atoms with E-state index in [1.165, 1.54) is 0 Å². The molecule has 8 heteroatoms. The summed E-state index contributed by atoms with van der Waals surface area (Å²) in [6.07, 6.45) is 4.35. The highest BCUT2D eigenvalue weighted by Gasteiger charge is 2.32.